The molecule has 0 bridgehead atoms. The molecule has 1 aliphatic rings. The fraction of sp³-hybridized carbons (Fsp3) is 0.333. The molecule has 1 fully saturated rings. The number of halogens is 2. The molecule has 1 aliphatic heterocycles. The van der Waals surface area contributed by atoms with Crippen LogP contribution in [0, 0.1) is 17.1 Å². The minimum Gasteiger partial charge on any atom is -0.506 e. The molecule has 3 aromatic rings. The third-order valence-corrected chi connectivity index (χ3v) is 5.85. The van der Waals surface area contributed by atoms with E-state index in [1.165, 1.54) is 13.3 Å². The van der Waals surface area contributed by atoms with Gasteiger partial charge in [-0.3, -0.25) is 9.88 Å². The SMILES string of the molecule is COc1cc2ncc(C#N)c(Nc3cc(O)c(Cl)cc3F)c2cc1OCCCN1CCOCC1. The first-order valence-corrected chi connectivity index (χ1v) is 11.2. The quantitative estimate of drug-likeness (QED) is 0.450. The summed E-state index contributed by atoms with van der Waals surface area (Å²) in [5, 5.41) is 22.9. The van der Waals surface area contributed by atoms with Crippen LogP contribution in [0.4, 0.5) is 15.8 Å². The monoisotopic (exact) mass is 486 g/mol. The zero-order valence-electron chi connectivity index (χ0n) is 18.6. The Kier molecular flexibility index (Phi) is 7.53. The number of phenolic OH excluding ortho intramolecular Hbond substituents is 1. The van der Waals surface area contributed by atoms with E-state index >= 15 is 0 Å². The van der Waals surface area contributed by atoms with Crippen LogP contribution < -0.4 is 14.8 Å². The van der Waals surface area contributed by atoms with Crippen LogP contribution in [0.15, 0.2) is 30.5 Å². The molecule has 0 amide bonds. The summed E-state index contributed by atoms with van der Waals surface area (Å²) in [6.45, 7) is 4.67. The fourth-order valence-corrected chi connectivity index (χ4v) is 3.91. The van der Waals surface area contributed by atoms with Crippen LogP contribution in [-0.4, -0.2) is 61.6 Å². The summed E-state index contributed by atoms with van der Waals surface area (Å²) >= 11 is 5.79. The number of benzene rings is 2. The molecule has 2 aromatic carbocycles. The Labute approximate surface area is 201 Å². The number of aromatic hydroxyl groups is 1. The van der Waals surface area contributed by atoms with E-state index < -0.39 is 5.82 Å². The Balaban J connectivity index is 1.62. The van der Waals surface area contributed by atoms with Gasteiger partial charge in [0.1, 0.15) is 17.6 Å². The lowest BCUT2D eigenvalue weighted by atomic mass is 10.1. The number of aromatic nitrogens is 1. The van der Waals surface area contributed by atoms with E-state index in [1.807, 2.05) is 0 Å². The van der Waals surface area contributed by atoms with Crippen molar-refractivity contribution in [2.45, 2.75) is 6.42 Å². The van der Waals surface area contributed by atoms with Gasteiger partial charge in [0, 0.05) is 43.4 Å². The van der Waals surface area contributed by atoms with Gasteiger partial charge in [-0.1, -0.05) is 11.6 Å². The van der Waals surface area contributed by atoms with E-state index in [1.54, 1.807) is 12.1 Å². The van der Waals surface area contributed by atoms with Crippen molar-refractivity contribution in [3.63, 3.8) is 0 Å². The lowest BCUT2D eigenvalue weighted by Gasteiger charge is -2.26. The van der Waals surface area contributed by atoms with Gasteiger partial charge in [0.25, 0.3) is 0 Å². The molecule has 2 heterocycles. The average Bonchev–Trinajstić information content (AvgIpc) is 2.85. The van der Waals surface area contributed by atoms with Crippen molar-refractivity contribution in [3.8, 4) is 23.3 Å². The van der Waals surface area contributed by atoms with Crippen LogP contribution in [0.1, 0.15) is 12.0 Å². The van der Waals surface area contributed by atoms with Gasteiger partial charge in [0.05, 0.1) is 54.4 Å². The molecular weight excluding hydrogens is 463 g/mol. The number of nitrogens with one attached hydrogen (secondary N) is 1. The highest BCUT2D eigenvalue weighted by Crippen LogP contribution is 2.38. The highest BCUT2D eigenvalue weighted by atomic mass is 35.5. The van der Waals surface area contributed by atoms with Crippen LogP contribution in [-0.2, 0) is 4.74 Å². The molecule has 8 nitrogen and oxygen atoms in total. The molecular formula is C24H24ClFN4O4. The molecule has 0 atom stereocenters. The Morgan fingerprint density at radius 1 is 1.26 bits per heavy atom. The molecule has 10 heteroatoms. The van der Waals surface area contributed by atoms with E-state index in [0.717, 1.165) is 51.4 Å². The average molecular weight is 487 g/mol. The molecule has 4 rings (SSSR count). The highest BCUT2D eigenvalue weighted by molar-refractivity contribution is 6.32. The second kappa shape index (κ2) is 10.7. The number of morpholine rings is 1. The summed E-state index contributed by atoms with van der Waals surface area (Å²) < 4.78 is 31.4. The van der Waals surface area contributed by atoms with Gasteiger partial charge in [0.2, 0.25) is 0 Å². The number of ether oxygens (including phenoxy) is 3. The molecule has 0 saturated carbocycles. The maximum Gasteiger partial charge on any atom is 0.162 e. The first-order chi connectivity index (χ1) is 16.5. The van der Waals surface area contributed by atoms with E-state index in [9.17, 15) is 14.8 Å². The van der Waals surface area contributed by atoms with Crippen molar-refractivity contribution >= 4 is 33.9 Å². The summed E-state index contributed by atoms with van der Waals surface area (Å²) in [6, 6.07) is 7.65. The van der Waals surface area contributed by atoms with E-state index in [-0.39, 0.29) is 22.0 Å². The number of pyridine rings is 1. The number of methoxy groups -OCH3 is 1. The lowest BCUT2D eigenvalue weighted by molar-refractivity contribution is 0.0357. The summed E-state index contributed by atoms with van der Waals surface area (Å²) in [6.07, 6.45) is 2.21. The molecule has 0 aliphatic carbocycles. The number of phenols is 1. The molecule has 34 heavy (non-hydrogen) atoms. The van der Waals surface area contributed by atoms with Gasteiger partial charge in [-0.25, -0.2) is 4.39 Å². The molecule has 2 N–H and O–H groups in total. The van der Waals surface area contributed by atoms with Crippen molar-refractivity contribution in [3.05, 3.63) is 46.9 Å². The summed E-state index contributed by atoms with van der Waals surface area (Å²) in [4.78, 5) is 6.66. The van der Waals surface area contributed by atoms with Gasteiger partial charge in [-0.2, -0.15) is 5.26 Å². The minimum absolute atomic E-state index is 0.0327. The first kappa shape index (κ1) is 23.8. The van der Waals surface area contributed by atoms with Crippen molar-refractivity contribution in [2.75, 3.05) is 51.9 Å². The van der Waals surface area contributed by atoms with Crippen molar-refractivity contribution in [2.24, 2.45) is 0 Å². The van der Waals surface area contributed by atoms with Crippen molar-refractivity contribution < 1.29 is 23.7 Å². The van der Waals surface area contributed by atoms with Crippen molar-refractivity contribution in [1.29, 1.82) is 5.26 Å². The predicted molar refractivity (Wildman–Crippen MR) is 127 cm³/mol. The number of hydrogen-bond donors (Lipinski definition) is 2. The van der Waals surface area contributed by atoms with E-state index in [4.69, 9.17) is 25.8 Å². The third-order valence-electron chi connectivity index (χ3n) is 5.55. The first-order valence-electron chi connectivity index (χ1n) is 10.8. The topological polar surface area (TPSA) is 99.9 Å². The number of anilines is 2. The second-order valence-electron chi connectivity index (χ2n) is 7.74. The minimum atomic E-state index is -0.676. The normalized spacial score (nSPS) is 14.1. The summed E-state index contributed by atoms with van der Waals surface area (Å²) in [7, 11) is 1.54. The Bertz CT molecular complexity index is 1230. The molecule has 1 aromatic heterocycles. The highest BCUT2D eigenvalue weighted by Gasteiger charge is 2.17. The molecule has 178 valence electrons. The summed E-state index contributed by atoms with van der Waals surface area (Å²) in [5.74, 6) is 0.0202. The van der Waals surface area contributed by atoms with Gasteiger partial charge >= 0.3 is 0 Å². The van der Waals surface area contributed by atoms with Crippen LogP contribution in [0.25, 0.3) is 10.9 Å². The van der Waals surface area contributed by atoms with E-state index in [2.05, 4.69) is 21.3 Å². The summed E-state index contributed by atoms with van der Waals surface area (Å²) in [5.41, 5.74) is 1.02. The van der Waals surface area contributed by atoms with Crippen LogP contribution in [0.2, 0.25) is 5.02 Å². The molecule has 1 saturated heterocycles. The lowest BCUT2D eigenvalue weighted by Crippen LogP contribution is -2.37. The van der Waals surface area contributed by atoms with Gasteiger partial charge in [0.15, 0.2) is 11.5 Å². The van der Waals surface area contributed by atoms with E-state index in [0.29, 0.717) is 34.7 Å². The maximum absolute atomic E-state index is 14.5. The zero-order valence-corrected chi connectivity index (χ0v) is 19.4. The Hall–Kier alpha value is -3.32. The van der Waals surface area contributed by atoms with Crippen LogP contribution >= 0.6 is 11.6 Å². The van der Waals surface area contributed by atoms with Crippen LogP contribution in [0.3, 0.4) is 0 Å². The van der Waals surface area contributed by atoms with Gasteiger partial charge in [-0.05, 0) is 18.6 Å². The number of nitriles is 1. The number of fused-ring (bicyclic) bond motifs is 1. The smallest absolute Gasteiger partial charge is 0.162 e. The van der Waals surface area contributed by atoms with Crippen molar-refractivity contribution in [1.82, 2.24) is 9.88 Å². The standard InChI is InChI=1S/C24H24ClFN4O4/c1-32-22-12-19-16(9-23(22)34-6-2-3-30-4-7-33-8-5-30)24(15(13-27)14-28-19)29-20-11-21(31)17(25)10-18(20)26/h9-12,14,31H,2-8H2,1H3,(H,28,29). The number of rotatable bonds is 8. The Morgan fingerprint density at radius 2 is 2.06 bits per heavy atom. The predicted octanol–water partition coefficient (Wildman–Crippen LogP) is 4.46. The maximum atomic E-state index is 14.5. The van der Waals surface area contributed by atoms with Gasteiger partial charge in [-0.15, -0.1) is 0 Å². The molecule has 0 spiro atoms. The number of hydrogen-bond acceptors (Lipinski definition) is 8. The molecule has 0 unspecified atom stereocenters. The zero-order chi connectivity index (χ0) is 24.1. The fourth-order valence-electron chi connectivity index (χ4n) is 3.75. The Morgan fingerprint density at radius 3 is 2.79 bits per heavy atom. The largest absolute Gasteiger partial charge is 0.506 e. The van der Waals surface area contributed by atoms with Crippen LogP contribution in [0.5, 0.6) is 17.2 Å². The molecule has 0 radical (unpaired) electrons. The second-order valence-corrected chi connectivity index (χ2v) is 8.15. The van der Waals surface area contributed by atoms with Gasteiger partial charge < -0.3 is 24.6 Å². The third kappa shape index (κ3) is 5.25. The number of nitrogens with zero attached hydrogens (tertiary/aromatic N) is 3.